The van der Waals surface area contributed by atoms with Gasteiger partial charge in [0.2, 0.25) is 0 Å². The molecule has 2 aromatic carbocycles. The van der Waals surface area contributed by atoms with Gasteiger partial charge in [0.05, 0.1) is 4.92 Å². The van der Waals surface area contributed by atoms with E-state index in [1.54, 1.807) is 6.07 Å². The van der Waals surface area contributed by atoms with Crippen molar-refractivity contribution in [2.75, 3.05) is 36.4 Å². The van der Waals surface area contributed by atoms with Gasteiger partial charge in [-0.05, 0) is 104 Å². The van der Waals surface area contributed by atoms with E-state index in [0.717, 1.165) is 29.0 Å². The van der Waals surface area contributed by atoms with Crippen LogP contribution in [0.15, 0.2) is 42.5 Å². The van der Waals surface area contributed by atoms with Crippen molar-refractivity contribution in [3.05, 3.63) is 63.7 Å². The number of rotatable bonds is 7. The molecule has 7 rings (SSSR count). The lowest BCUT2D eigenvalue weighted by molar-refractivity contribution is -0.384. The van der Waals surface area contributed by atoms with Crippen LogP contribution in [-0.2, 0) is 0 Å². The molecule has 2 aromatic rings. The van der Waals surface area contributed by atoms with Gasteiger partial charge in [0.15, 0.2) is 0 Å². The van der Waals surface area contributed by atoms with Crippen LogP contribution in [0, 0.1) is 33.3 Å². The average molecular weight is 531 g/mol. The smallest absolute Gasteiger partial charge is 0.292 e. The highest BCUT2D eigenvalue weighted by Crippen LogP contribution is 2.61. The minimum atomic E-state index is -0.264. The maximum Gasteiger partial charge on any atom is 0.292 e. The molecule has 4 aliphatic carbocycles. The zero-order valence-corrected chi connectivity index (χ0v) is 23.6. The van der Waals surface area contributed by atoms with E-state index in [1.165, 1.54) is 44.1 Å². The largest absolute Gasteiger partial charge is 0.376 e. The lowest BCUT2D eigenvalue weighted by atomic mass is 9.48. The summed E-state index contributed by atoms with van der Waals surface area (Å²) in [6, 6.07) is 13.6. The fraction of sp³-hybridized carbons (Fsp3) is 0.594. The lowest BCUT2D eigenvalue weighted by Crippen LogP contribution is -2.53. The molecule has 1 saturated heterocycles. The number of nitrogens with one attached hydrogen (secondary N) is 1. The van der Waals surface area contributed by atoms with E-state index in [4.69, 9.17) is 0 Å². The van der Waals surface area contributed by atoms with Crippen LogP contribution in [0.5, 0.6) is 0 Å². The third-order valence-electron chi connectivity index (χ3n) is 10.3. The topological polar surface area (TPSA) is 78.7 Å². The van der Waals surface area contributed by atoms with Crippen LogP contribution < -0.4 is 10.2 Å². The van der Waals surface area contributed by atoms with Gasteiger partial charge in [-0.1, -0.05) is 26.0 Å². The van der Waals surface area contributed by atoms with Crippen molar-refractivity contribution in [1.82, 2.24) is 4.90 Å². The molecule has 7 nitrogen and oxygen atoms in total. The summed E-state index contributed by atoms with van der Waals surface area (Å²) in [5.74, 6) is 3.03. The predicted octanol–water partition coefficient (Wildman–Crippen LogP) is 6.70. The zero-order valence-electron chi connectivity index (χ0n) is 23.6. The number of piperazine rings is 1. The quantitative estimate of drug-likeness (QED) is 0.318. The van der Waals surface area contributed by atoms with Crippen LogP contribution in [-0.4, -0.2) is 48.0 Å². The summed E-state index contributed by atoms with van der Waals surface area (Å²) >= 11 is 0. The maximum absolute atomic E-state index is 13.1. The number of anilines is 2. The average Bonchev–Trinajstić information content (AvgIpc) is 2.92. The fourth-order valence-electron chi connectivity index (χ4n) is 8.45. The van der Waals surface area contributed by atoms with Crippen LogP contribution in [0.1, 0.15) is 81.1 Å². The Morgan fingerprint density at radius 2 is 1.51 bits per heavy atom. The van der Waals surface area contributed by atoms with E-state index in [1.807, 2.05) is 41.3 Å². The predicted molar refractivity (Wildman–Crippen MR) is 155 cm³/mol. The Morgan fingerprint density at radius 1 is 0.923 bits per heavy atom. The normalized spacial score (nSPS) is 28.6. The number of benzene rings is 2. The summed E-state index contributed by atoms with van der Waals surface area (Å²) in [7, 11) is 0. The Balaban J connectivity index is 1.14. The van der Waals surface area contributed by atoms with E-state index in [2.05, 4.69) is 31.0 Å². The molecule has 5 aliphatic rings. The van der Waals surface area contributed by atoms with E-state index in [9.17, 15) is 14.9 Å². The van der Waals surface area contributed by atoms with Gasteiger partial charge in [-0.3, -0.25) is 14.9 Å². The minimum absolute atomic E-state index is 0.0698. The minimum Gasteiger partial charge on any atom is -0.376 e. The summed E-state index contributed by atoms with van der Waals surface area (Å²) < 4.78 is 0. The molecule has 4 bridgehead atoms. The van der Waals surface area contributed by atoms with E-state index < -0.39 is 0 Å². The molecule has 1 heterocycles. The molecule has 1 N–H and O–H groups in total. The molecule has 7 heteroatoms. The molecular formula is C32H42N4O3. The first-order valence-electron chi connectivity index (χ1n) is 14.9. The molecule has 1 atom stereocenters. The van der Waals surface area contributed by atoms with Crippen LogP contribution in [0.2, 0.25) is 0 Å². The summed E-state index contributed by atoms with van der Waals surface area (Å²) in [5.41, 5.74) is 3.98. The van der Waals surface area contributed by atoms with Crippen molar-refractivity contribution < 1.29 is 9.72 Å². The molecule has 208 valence electrons. The van der Waals surface area contributed by atoms with Gasteiger partial charge in [0.1, 0.15) is 5.69 Å². The van der Waals surface area contributed by atoms with Crippen molar-refractivity contribution in [2.45, 2.75) is 71.3 Å². The van der Waals surface area contributed by atoms with Crippen molar-refractivity contribution in [1.29, 1.82) is 0 Å². The van der Waals surface area contributed by atoms with Crippen molar-refractivity contribution in [2.24, 2.45) is 23.2 Å². The Labute approximate surface area is 232 Å². The first-order chi connectivity index (χ1) is 18.7. The number of amides is 1. The van der Waals surface area contributed by atoms with Gasteiger partial charge in [-0.25, -0.2) is 0 Å². The highest BCUT2D eigenvalue weighted by atomic mass is 16.6. The Morgan fingerprint density at radius 3 is 2.05 bits per heavy atom. The molecule has 1 amide bonds. The second-order valence-electron chi connectivity index (χ2n) is 13.2. The van der Waals surface area contributed by atoms with Crippen molar-refractivity contribution >= 4 is 23.0 Å². The van der Waals surface area contributed by atoms with Gasteiger partial charge in [0.25, 0.3) is 11.6 Å². The fourth-order valence-corrected chi connectivity index (χ4v) is 8.45. The van der Waals surface area contributed by atoms with Crippen LogP contribution >= 0.6 is 0 Å². The summed E-state index contributed by atoms with van der Waals surface area (Å²) in [4.78, 5) is 29.0. The second-order valence-corrected chi connectivity index (χ2v) is 13.2. The molecule has 5 fully saturated rings. The number of carbonyl (C=O) groups excluding carboxylic acids is 1. The number of nitrogens with zero attached hydrogens (tertiary/aromatic N) is 3. The molecule has 39 heavy (non-hydrogen) atoms. The summed E-state index contributed by atoms with van der Waals surface area (Å²) in [6.07, 6.45) is 7.95. The first kappa shape index (κ1) is 26.1. The van der Waals surface area contributed by atoms with Crippen molar-refractivity contribution in [3.63, 3.8) is 0 Å². The van der Waals surface area contributed by atoms with Gasteiger partial charge in [0, 0.05) is 49.5 Å². The first-order valence-corrected chi connectivity index (χ1v) is 14.9. The summed E-state index contributed by atoms with van der Waals surface area (Å²) in [6.45, 7) is 9.23. The standard InChI is InChI=1S/C32H42N4O3/c1-21(2)26-4-6-27(7-5-26)31(37)35-12-10-34(11-13-35)28-8-9-30(36(38)39)29(17-28)33-22(3)32-18-23-14-24(19-32)16-25(15-23)20-32/h4-9,17,21-25,33H,10-16,18-20H2,1-3H3/t22-,23?,24?,25?,32?/m1/s1. The van der Waals surface area contributed by atoms with Gasteiger partial charge >= 0.3 is 0 Å². The lowest BCUT2D eigenvalue weighted by Gasteiger charge is -2.59. The molecule has 0 aromatic heterocycles. The third-order valence-corrected chi connectivity index (χ3v) is 10.3. The molecule has 0 unspecified atom stereocenters. The van der Waals surface area contributed by atoms with E-state index >= 15 is 0 Å². The Hall–Kier alpha value is -3.09. The second kappa shape index (κ2) is 10.1. The SMILES string of the molecule is CC(C)c1ccc(C(=O)N2CCN(c3ccc([N+](=O)[O-])c(N[C@H](C)C45CC6CC(CC(C6)C4)C5)c3)CC2)cc1. The number of carbonyl (C=O) groups is 1. The highest BCUT2D eigenvalue weighted by molar-refractivity contribution is 5.94. The van der Waals surface area contributed by atoms with Crippen LogP contribution in [0.25, 0.3) is 0 Å². The highest BCUT2D eigenvalue weighted by Gasteiger charge is 2.53. The summed E-state index contributed by atoms with van der Waals surface area (Å²) in [5, 5.41) is 15.6. The number of hydrogen-bond acceptors (Lipinski definition) is 5. The van der Waals surface area contributed by atoms with Gasteiger partial charge < -0.3 is 15.1 Å². The van der Waals surface area contributed by atoms with Crippen LogP contribution in [0.4, 0.5) is 17.1 Å². The van der Waals surface area contributed by atoms with Crippen LogP contribution in [0.3, 0.4) is 0 Å². The third kappa shape index (κ3) is 5.01. The zero-order chi connectivity index (χ0) is 27.3. The number of nitro groups is 1. The Kier molecular flexibility index (Phi) is 6.80. The molecule has 0 radical (unpaired) electrons. The molecule has 1 aliphatic heterocycles. The Bertz CT molecular complexity index is 1200. The molecule has 0 spiro atoms. The van der Waals surface area contributed by atoms with E-state index in [-0.39, 0.29) is 28.0 Å². The number of nitro benzene ring substituents is 1. The molecule has 4 saturated carbocycles. The van der Waals surface area contributed by atoms with Crippen molar-refractivity contribution in [3.8, 4) is 0 Å². The molecular weight excluding hydrogens is 488 g/mol. The maximum atomic E-state index is 13.1. The van der Waals surface area contributed by atoms with E-state index in [0.29, 0.717) is 37.8 Å². The number of hydrogen-bond donors (Lipinski definition) is 1. The monoisotopic (exact) mass is 530 g/mol. The van der Waals surface area contributed by atoms with Gasteiger partial charge in [-0.2, -0.15) is 0 Å². The van der Waals surface area contributed by atoms with Gasteiger partial charge in [-0.15, -0.1) is 0 Å².